The summed E-state index contributed by atoms with van der Waals surface area (Å²) < 4.78 is 6.83. The van der Waals surface area contributed by atoms with Gasteiger partial charge in [-0.05, 0) is 0 Å². The van der Waals surface area contributed by atoms with E-state index in [-0.39, 0.29) is 0 Å². The maximum atomic E-state index is 2.66. The molecule has 1 saturated heterocycles. The van der Waals surface area contributed by atoms with Gasteiger partial charge in [0.1, 0.15) is 0 Å². The van der Waals surface area contributed by atoms with Crippen molar-refractivity contribution < 1.29 is 0 Å². The van der Waals surface area contributed by atoms with Crippen LogP contribution in [0.5, 0.6) is 0 Å². The minimum atomic E-state index is -1.39. The van der Waals surface area contributed by atoms with Gasteiger partial charge in [-0.15, -0.1) is 0 Å². The second-order valence-corrected chi connectivity index (χ2v) is 13.8. The molecule has 0 atom stereocenters. The van der Waals surface area contributed by atoms with E-state index in [2.05, 4.69) is 38.9 Å². The summed E-state index contributed by atoms with van der Waals surface area (Å²) >= 11 is -1.39. The molecular formula is C9H22InN3. The summed E-state index contributed by atoms with van der Waals surface area (Å²) in [5, 5.41) is 0. The summed E-state index contributed by atoms with van der Waals surface area (Å²) in [6, 6.07) is 0. The zero-order chi connectivity index (χ0) is 9.84. The summed E-state index contributed by atoms with van der Waals surface area (Å²) in [7, 11) is 8.97. The average molecular weight is 287 g/mol. The Hall–Kier alpha value is 0.750. The fourth-order valence-electron chi connectivity index (χ4n) is 1.98. The van der Waals surface area contributed by atoms with Gasteiger partial charge in [-0.3, -0.25) is 0 Å². The quantitative estimate of drug-likeness (QED) is 0.736. The predicted molar refractivity (Wildman–Crippen MR) is 59.0 cm³/mol. The van der Waals surface area contributed by atoms with E-state index in [0.717, 1.165) is 0 Å². The zero-order valence-corrected chi connectivity index (χ0v) is 12.8. The summed E-state index contributed by atoms with van der Waals surface area (Å²) in [6.45, 7) is 3.90. The molecule has 3 nitrogen and oxygen atoms in total. The molecule has 0 radical (unpaired) electrons. The van der Waals surface area contributed by atoms with E-state index in [1.165, 1.54) is 30.2 Å². The number of likely N-dealkylation sites (N-methyl/N-ethyl adjacent to an activating group) is 2. The van der Waals surface area contributed by atoms with E-state index in [0.29, 0.717) is 0 Å². The Morgan fingerprint density at radius 3 is 2.15 bits per heavy atom. The molecule has 13 heavy (non-hydrogen) atoms. The summed E-state index contributed by atoms with van der Waals surface area (Å²) in [4.78, 5) is 2.29. The van der Waals surface area contributed by atoms with Gasteiger partial charge in [0, 0.05) is 0 Å². The number of rotatable bonds is 4. The van der Waals surface area contributed by atoms with Gasteiger partial charge in [-0.25, -0.2) is 0 Å². The van der Waals surface area contributed by atoms with Gasteiger partial charge < -0.3 is 0 Å². The Bertz CT molecular complexity index is 142. The molecule has 1 aliphatic heterocycles. The molecule has 0 aromatic heterocycles. The second kappa shape index (κ2) is 5.59. The Morgan fingerprint density at radius 1 is 1.15 bits per heavy atom. The first-order valence-electron chi connectivity index (χ1n) is 5.16. The Morgan fingerprint density at radius 2 is 1.69 bits per heavy atom. The molecule has 1 aliphatic rings. The third-order valence-corrected chi connectivity index (χ3v) is 12.8. The van der Waals surface area contributed by atoms with Gasteiger partial charge in [0.05, 0.1) is 0 Å². The van der Waals surface area contributed by atoms with Gasteiger partial charge in [-0.2, -0.15) is 0 Å². The average Bonchev–Trinajstić information content (AvgIpc) is 2.34. The molecule has 0 aromatic carbocycles. The third-order valence-electron chi connectivity index (χ3n) is 2.89. The van der Waals surface area contributed by atoms with Crippen molar-refractivity contribution in [1.29, 1.82) is 0 Å². The Kier molecular flexibility index (Phi) is 5.08. The molecule has 0 unspecified atom stereocenters. The van der Waals surface area contributed by atoms with Crippen molar-refractivity contribution >= 4 is 22.0 Å². The Balaban J connectivity index is 2.19. The minimum absolute atomic E-state index is 1.26. The number of hydrogen-bond acceptors (Lipinski definition) is 3. The Labute approximate surface area is 91.0 Å². The van der Waals surface area contributed by atoms with Crippen LogP contribution in [0.2, 0.25) is 4.18 Å². The van der Waals surface area contributed by atoms with E-state index in [4.69, 9.17) is 0 Å². The van der Waals surface area contributed by atoms with E-state index < -0.39 is 22.0 Å². The van der Waals surface area contributed by atoms with Gasteiger partial charge in [0.25, 0.3) is 0 Å². The molecular weight excluding hydrogens is 265 g/mol. The van der Waals surface area contributed by atoms with Crippen molar-refractivity contribution in [1.82, 2.24) is 10.7 Å². The van der Waals surface area contributed by atoms with Crippen molar-refractivity contribution in [3.63, 3.8) is 0 Å². The van der Waals surface area contributed by atoms with Crippen LogP contribution in [-0.2, 0) is 0 Å². The van der Waals surface area contributed by atoms with Crippen LogP contribution < -0.4 is 0 Å². The monoisotopic (exact) mass is 287 g/mol. The molecule has 0 bridgehead atoms. The summed E-state index contributed by atoms with van der Waals surface area (Å²) in [6.07, 6.45) is 1.39. The van der Waals surface area contributed by atoms with Crippen LogP contribution in [0.3, 0.4) is 0 Å². The van der Waals surface area contributed by atoms with Crippen molar-refractivity contribution in [2.24, 2.45) is 0 Å². The predicted octanol–water partition coefficient (Wildman–Crippen LogP) is 0.304. The van der Waals surface area contributed by atoms with Crippen LogP contribution in [-0.4, -0.2) is 80.5 Å². The SMILES string of the molecule is CN(C)CC[CH2][In]1[N](C)CC[N]1C. The van der Waals surface area contributed by atoms with Crippen molar-refractivity contribution in [3.05, 3.63) is 0 Å². The fraction of sp³-hybridized carbons (Fsp3) is 1.00. The fourth-order valence-corrected chi connectivity index (χ4v) is 10.3. The molecule has 0 aromatic rings. The zero-order valence-electron chi connectivity index (χ0n) is 9.45. The first kappa shape index (κ1) is 11.8. The van der Waals surface area contributed by atoms with E-state index in [1.807, 2.05) is 0 Å². The number of hydrogen-bond donors (Lipinski definition) is 0. The first-order chi connectivity index (χ1) is 6.11. The standard InChI is InChI=1S/C5H12N.C4H10N2.In/c1-4-5-6(2)3;1-5-3-4-6-2;/h1,4-5H2,2-3H3;3-4H2,1-2H3;/q;-2;+2. The molecule has 1 fully saturated rings. The molecule has 0 N–H and O–H groups in total. The van der Waals surface area contributed by atoms with Crippen molar-refractivity contribution in [2.45, 2.75) is 10.6 Å². The van der Waals surface area contributed by atoms with Crippen LogP contribution in [0.25, 0.3) is 0 Å². The molecule has 1 heterocycles. The molecule has 0 saturated carbocycles. The van der Waals surface area contributed by atoms with Crippen LogP contribution in [0.4, 0.5) is 0 Å². The van der Waals surface area contributed by atoms with Gasteiger partial charge in [-0.1, -0.05) is 0 Å². The van der Waals surface area contributed by atoms with E-state index >= 15 is 0 Å². The van der Waals surface area contributed by atoms with E-state index in [9.17, 15) is 0 Å². The van der Waals surface area contributed by atoms with Crippen molar-refractivity contribution in [2.75, 3.05) is 47.8 Å². The first-order valence-corrected chi connectivity index (χ1v) is 10.4. The van der Waals surface area contributed by atoms with Gasteiger partial charge >= 0.3 is 91.1 Å². The molecule has 0 spiro atoms. The third kappa shape index (κ3) is 3.78. The van der Waals surface area contributed by atoms with E-state index in [1.54, 1.807) is 0 Å². The van der Waals surface area contributed by atoms with Crippen LogP contribution >= 0.6 is 0 Å². The van der Waals surface area contributed by atoms with Crippen molar-refractivity contribution in [3.8, 4) is 0 Å². The molecule has 0 aliphatic carbocycles. The molecule has 76 valence electrons. The van der Waals surface area contributed by atoms with Gasteiger partial charge in [0.15, 0.2) is 0 Å². The van der Waals surface area contributed by atoms with Crippen LogP contribution in [0, 0.1) is 0 Å². The topological polar surface area (TPSA) is 9.72 Å². The maximum absolute atomic E-state index is 2.66. The molecule has 0 amide bonds. The molecule has 1 rings (SSSR count). The van der Waals surface area contributed by atoms with Crippen LogP contribution in [0.15, 0.2) is 0 Å². The van der Waals surface area contributed by atoms with Crippen LogP contribution in [0.1, 0.15) is 6.42 Å². The number of nitrogens with zero attached hydrogens (tertiary/aromatic N) is 3. The summed E-state index contributed by atoms with van der Waals surface area (Å²) in [5.41, 5.74) is 0. The summed E-state index contributed by atoms with van der Waals surface area (Å²) in [5.74, 6) is 0. The normalized spacial score (nSPS) is 20.5. The molecule has 4 heteroatoms. The van der Waals surface area contributed by atoms with Gasteiger partial charge in [0.2, 0.25) is 0 Å². The second-order valence-electron chi connectivity index (χ2n) is 4.39.